The third-order valence-electron chi connectivity index (χ3n) is 4.89. The predicted molar refractivity (Wildman–Crippen MR) is 105 cm³/mol. The molecule has 0 aliphatic rings. The Morgan fingerprint density at radius 1 is 0.667 bits per heavy atom. The van der Waals surface area contributed by atoms with Gasteiger partial charge in [-0.05, 0) is 12.8 Å². The maximum absolute atomic E-state index is 10.8. The van der Waals surface area contributed by atoms with Crippen LogP contribution in [0.4, 0.5) is 0 Å². The van der Waals surface area contributed by atoms with Crippen molar-refractivity contribution in [3.8, 4) is 0 Å². The minimum absolute atomic E-state index is 0.290. The van der Waals surface area contributed by atoms with E-state index in [4.69, 9.17) is 10.2 Å². The first-order chi connectivity index (χ1) is 12.9. The molecule has 2 N–H and O–H groups in total. The minimum atomic E-state index is -1.10. The number of carboxylic acids is 2. The molecule has 0 aromatic rings. The fraction of sp³-hybridized carbons (Fsp3) is 0.900. The van der Waals surface area contributed by atoms with Crippen molar-refractivity contribution < 1.29 is 24.7 Å². The molecule has 0 aromatic heterocycles. The second-order valence-electron chi connectivity index (χ2n) is 7.42. The molecule has 1 unspecified atom stereocenters. The monoisotopic (exact) mass is 387 g/mol. The van der Waals surface area contributed by atoms with Crippen molar-refractivity contribution in [2.45, 2.75) is 115 Å². The van der Waals surface area contributed by atoms with Crippen LogP contribution < -0.4 is 0 Å². The third-order valence-corrected chi connectivity index (χ3v) is 4.89. The summed E-state index contributed by atoms with van der Waals surface area (Å²) in [7, 11) is 0. The zero-order valence-electron chi connectivity index (χ0n) is 16.6. The number of nitro groups is 1. The fourth-order valence-electron chi connectivity index (χ4n) is 3.26. The van der Waals surface area contributed by atoms with Gasteiger partial charge < -0.3 is 10.2 Å². The van der Waals surface area contributed by atoms with Crippen molar-refractivity contribution in [1.29, 1.82) is 0 Å². The molecular formula is C20H37NO6. The van der Waals surface area contributed by atoms with Crippen LogP contribution in [0.2, 0.25) is 0 Å². The third kappa shape index (κ3) is 18.9. The van der Waals surface area contributed by atoms with E-state index in [1.807, 2.05) is 0 Å². The Morgan fingerprint density at radius 2 is 1.04 bits per heavy atom. The molecule has 0 rings (SSSR count). The summed E-state index contributed by atoms with van der Waals surface area (Å²) in [6.07, 6.45) is 15.7. The lowest BCUT2D eigenvalue weighted by atomic mass is 10.0. The minimum Gasteiger partial charge on any atom is -0.481 e. The van der Waals surface area contributed by atoms with Crippen LogP contribution in [0.15, 0.2) is 0 Å². The van der Waals surface area contributed by atoms with E-state index in [1.54, 1.807) is 0 Å². The smallest absolute Gasteiger partial charge is 0.310 e. The van der Waals surface area contributed by atoms with E-state index in [1.165, 1.54) is 44.9 Å². The van der Waals surface area contributed by atoms with Crippen LogP contribution in [0.1, 0.15) is 109 Å². The van der Waals surface area contributed by atoms with Gasteiger partial charge in [0.25, 0.3) is 0 Å². The van der Waals surface area contributed by atoms with Crippen molar-refractivity contribution in [2.24, 2.45) is 0 Å². The van der Waals surface area contributed by atoms with Crippen molar-refractivity contribution in [1.82, 2.24) is 0 Å². The van der Waals surface area contributed by atoms with E-state index >= 15 is 0 Å². The van der Waals surface area contributed by atoms with Crippen LogP contribution in [0.25, 0.3) is 0 Å². The van der Waals surface area contributed by atoms with Crippen LogP contribution in [0, 0.1) is 10.1 Å². The first-order valence-electron chi connectivity index (χ1n) is 10.5. The summed E-state index contributed by atoms with van der Waals surface area (Å²) in [6.45, 7) is 0. The van der Waals surface area contributed by atoms with Crippen molar-refractivity contribution in [2.75, 3.05) is 0 Å². The average Bonchev–Trinajstić information content (AvgIpc) is 2.59. The van der Waals surface area contributed by atoms with Gasteiger partial charge in [0.2, 0.25) is 6.04 Å². The molecule has 7 nitrogen and oxygen atoms in total. The molecule has 27 heavy (non-hydrogen) atoms. The molecule has 0 aliphatic carbocycles. The van der Waals surface area contributed by atoms with Gasteiger partial charge in [0, 0.05) is 17.8 Å². The van der Waals surface area contributed by atoms with Gasteiger partial charge in [-0.25, -0.2) is 0 Å². The number of hydrogen-bond acceptors (Lipinski definition) is 4. The zero-order valence-corrected chi connectivity index (χ0v) is 16.6. The zero-order chi connectivity index (χ0) is 20.3. The molecule has 0 radical (unpaired) electrons. The van der Waals surface area contributed by atoms with E-state index in [0.29, 0.717) is 12.8 Å². The molecule has 7 heteroatoms. The molecule has 0 aliphatic heterocycles. The van der Waals surface area contributed by atoms with Gasteiger partial charge in [0.1, 0.15) is 6.42 Å². The maximum atomic E-state index is 10.8. The highest BCUT2D eigenvalue weighted by Gasteiger charge is 2.22. The first-order valence-corrected chi connectivity index (χ1v) is 10.5. The van der Waals surface area contributed by atoms with E-state index in [0.717, 1.165) is 44.9 Å². The summed E-state index contributed by atoms with van der Waals surface area (Å²) in [5, 5.41) is 28.0. The number of carboxylic acid groups (broad SMARTS) is 2. The Labute approximate surface area is 162 Å². The number of unbranched alkanes of at least 4 members (excludes halogenated alkanes) is 13. The first kappa shape index (κ1) is 25.3. The Kier molecular flexibility index (Phi) is 16.6. The number of nitrogens with zero attached hydrogens (tertiary/aromatic N) is 1. The molecular weight excluding hydrogens is 350 g/mol. The predicted octanol–water partition coefficient (Wildman–Crippen LogP) is 5.43. The summed E-state index contributed by atoms with van der Waals surface area (Å²) in [4.78, 5) is 31.2. The van der Waals surface area contributed by atoms with E-state index in [-0.39, 0.29) is 6.42 Å². The van der Waals surface area contributed by atoms with E-state index in [9.17, 15) is 19.7 Å². The van der Waals surface area contributed by atoms with Gasteiger partial charge in [0.15, 0.2) is 0 Å². The molecule has 0 saturated heterocycles. The topological polar surface area (TPSA) is 118 Å². The van der Waals surface area contributed by atoms with Gasteiger partial charge in [-0.15, -0.1) is 0 Å². The highest BCUT2D eigenvalue weighted by Crippen LogP contribution is 2.15. The Bertz CT molecular complexity index is 413. The highest BCUT2D eigenvalue weighted by molar-refractivity contribution is 5.67. The van der Waals surface area contributed by atoms with E-state index < -0.39 is 22.9 Å². The van der Waals surface area contributed by atoms with Crippen molar-refractivity contribution in [3.05, 3.63) is 10.1 Å². The van der Waals surface area contributed by atoms with Gasteiger partial charge in [0.05, 0.1) is 0 Å². The van der Waals surface area contributed by atoms with Gasteiger partial charge in [-0.2, -0.15) is 0 Å². The van der Waals surface area contributed by atoms with E-state index in [2.05, 4.69) is 0 Å². The second-order valence-corrected chi connectivity index (χ2v) is 7.42. The van der Waals surface area contributed by atoms with Crippen LogP contribution in [-0.2, 0) is 9.59 Å². The quantitative estimate of drug-likeness (QED) is 0.163. The lowest BCUT2D eigenvalue weighted by Gasteiger charge is -2.07. The normalized spacial score (nSPS) is 12.0. The van der Waals surface area contributed by atoms with Gasteiger partial charge in [-0.3, -0.25) is 19.7 Å². The highest BCUT2D eigenvalue weighted by atomic mass is 16.6. The second kappa shape index (κ2) is 17.7. The summed E-state index contributed by atoms with van der Waals surface area (Å²) in [5.74, 6) is -1.80. The van der Waals surface area contributed by atoms with Gasteiger partial charge in [-0.1, -0.05) is 77.0 Å². The maximum Gasteiger partial charge on any atom is 0.310 e. The molecule has 0 heterocycles. The molecule has 0 saturated carbocycles. The Hall–Kier alpha value is -1.66. The van der Waals surface area contributed by atoms with Crippen LogP contribution in [0.5, 0.6) is 0 Å². The van der Waals surface area contributed by atoms with Crippen molar-refractivity contribution >= 4 is 11.9 Å². The number of rotatable bonds is 20. The molecule has 0 spiro atoms. The molecule has 0 aromatic carbocycles. The number of carbonyl (C=O) groups is 2. The summed E-state index contributed by atoms with van der Waals surface area (Å²) in [5.41, 5.74) is 0. The lowest BCUT2D eigenvalue weighted by molar-refractivity contribution is -0.522. The molecule has 0 fully saturated rings. The molecule has 0 amide bonds. The molecule has 1 atom stereocenters. The number of hydrogen-bond donors (Lipinski definition) is 2. The SMILES string of the molecule is O=C(O)CCCCCCCCCCCCCCCCC(CC(=O)O)[N+](=O)[O-]. The van der Waals surface area contributed by atoms with Crippen molar-refractivity contribution in [3.63, 3.8) is 0 Å². The summed E-state index contributed by atoms with van der Waals surface area (Å²) < 4.78 is 0. The molecule has 0 bridgehead atoms. The summed E-state index contributed by atoms with van der Waals surface area (Å²) >= 11 is 0. The van der Waals surface area contributed by atoms with Crippen LogP contribution in [0.3, 0.4) is 0 Å². The fourth-order valence-corrected chi connectivity index (χ4v) is 3.26. The average molecular weight is 388 g/mol. The molecule has 158 valence electrons. The summed E-state index contributed by atoms with van der Waals surface area (Å²) in [6, 6.07) is -0.945. The largest absolute Gasteiger partial charge is 0.481 e. The van der Waals surface area contributed by atoms with Gasteiger partial charge >= 0.3 is 11.9 Å². The Morgan fingerprint density at radius 3 is 1.37 bits per heavy atom. The van der Waals surface area contributed by atoms with Crippen LogP contribution >= 0.6 is 0 Å². The Balaban J connectivity index is 3.28. The standard InChI is InChI=1S/C20H37NO6/c22-19(23)16-14-12-10-8-6-4-2-1-3-5-7-9-11-13-15-18(21(26)27)17-20(24)25/h18H,1-17H2,(H,22,23)(H,24,25). The lowest BCUT2D eigenvalue weighted by Crippen LogP contribution is -2.22. The van der Waals surface area contributed by atoms with Crippen LogP contribution in [-0.4, -0.2) is 33.1 Å². The number of aliphatic carboxylic acids is 2.